The largest absolute Gasteiger partial charge is 0.465 e. The van der Waals surface area contributed by atoms with Crippen molar-refractivity contribution < 1.29 is 9.90 Å². The quantitative estimate of drug-likeness (QED) is 0.772. The van der Waals surface area contributed by atoms with Crippen LogP contribution in [0.4, 0.5) is 4.79 Å². The van der Waals surface area contributed by atoms with Crippen molar-refractivity contribution in [3.63, 3.8) is 0 Å². The number of hydrogen-bond donors (Lipinski definition) is 1. The second-order valence-electron chi connectivity index (χ2n) is 3.22. The van der Waals surface area contributed by atoms with Gasteiger partial charge in [-0.05, 0) is 34.4 Å². The van der Waals surface area contributed by atoms with E-state index in [-0.39, 0.29) is 0 Å². The number of rotatable bonds is 1. The van der Waals surface area contributed by atoms with E-state index in [9.17, 15) is 4.79 Å². The van der Waals surface area contributed by atoms with E-state index in [2.05, 4.69) is 11.4 Å². The SMILES string of the molecule is O=C(O)N1CC=C(c2ccsc2)CC1. The van der Waals surface area contributed by atoms with E-state index in [1.165, 1.54) is 16.0 Å². The third-order valence-corrected chi connectivity index (χ3v) is 3.05. The molecule has 1 aliphatic heterocycles. The summed E-state index contributed by atoms with van der Waals surface area (Å²) in [7, 11) is 0. The minimum absolute atomic E-state index is 0.514. The Bertz CT molecular complexity index is 356. The van der Waals surface area contributed by atoms with Gasteiger partial charge < -0.3 is 10.0 Å². The molecule has 14 heavy (non-hydrogen) atoms. The van der Waals surface area contributed by atoms with Crippen LogP contribution in [0.5, 0.6) is 0 Å². The number of amides is 1. The normalized spacial score (nSPS) is 16.6. The fourth-order valence-electron chi connectivity index (χ4n) is 1.55. The van der Waals surface area contributed by atoms with E-state index in [1.54, 1.807) is 11.3 Å². The van der Waals surface area contributed by atoms with Gasteiger partial charge in [-0.15, -0.1) is 0 Å². The first-order chi connectivity index (χ1) is 6.77. The molecule has 3 nitrogen and oxygen atoms in total. The standard InChI is InChI=1S/C10H11NO2S/c12-10(13)11-4-1-8(2-5-11)9-3-6-14-7-9/h1,3,6-7H,2,4-5H2,(H,12,13). The lowest BCUT2D eigenvalue weighted by atomic mass is 10.0. The van der Waals surface area contributed by atoms with Crippen LogP contribution in [-0.2, 0) is 0 Å². The Balaban J connectivity index is 2.09. The summed E-state index contributed by atoms with van der Waals surface area (Å²) in [6.07, 6.45) is 1.99. The van der Waals surface area contributed by atoms with Gasteiger partial charge >= 0.3 is 6.09 Å². The maximum absolute atomic E-state index is 10.6. The summed E-state index contributed by atoms with van der Waals surface area (Å²) in [5.74, 6) is 0. The van der Waals surface area contributed by atoms with Gasteiger partial charge in [-0.25, -0.2) is 4.79 Å². The van der Waals surface area contributed by atoms with E-state index in [1.807, 2.05) is 11.5 Å². The lowest BCUT2D eigenvalue weighted by Gasteiger charge is -2.23. The Kier molecular flexibility index (Phi) is 2.54. The van der Waals surface area contributed by atoms with Crippen molar-refractivity contribution in [1.29, 1.82) is 0 Å². The average Bonchev–Trinajstić information content (AvgIpc) is 2.71. The van der Waals surface area contributed by atoms with Crippen molar-refractivity contribution in [1.82, 2.24) is 4.90 Å². The first kappa shape index (κ1) is 9.27. The van der Waals surface area contributed by atoms with Crippen LogP contribution in [0.1, 0.15) is 12.0 Å². The summed E-state index contributed by atoms with van der Waals surface area (Å²) in [5, 5.41) is 12.9. The maximum Gasteiger partial charge on any atom is 0.407 e. The zero-order valence-electron chi connectivity index (χ0n) is 7.64. The zero-order chi connectivity index (χ0) is 9.97. The Labute approximate surface area is 86.3 Å². The molecule has 0 atom stereocenters. The number of nitrogens with zero attached hydrogens (tertiary/aromatic N) is 1. The van der Waals surface area contributed by atoms with Crippen LogP contribution >= 0.6 is 11.3 Å². The fourth-order valence-corrected chi connectivity index (χ4v) is 2.23. The van der Waals surface area contributed by atoms with Crippen molar-refractivity contribution in [2.75, 3.05) is 13.1 Å². The minimum atomic E-state index is -0.828. The second kappa shape index (κ2) is 3.84. The molecule has 1 amide bonds. The second-order valence-corrected chi connectivity index (χ2v) is 4.00. The third kappa shape index (κ3) is 1.80. The Morgan fingerprint density at radius 3 is 2.93 bits per heavy atom. The van der Waals surface area contributed by atoms with E-state index in [0.717, 1.165) is 6.42 Å². The molecule has 0 unspecified atom stereocenters. The van der Waals surface area contributed by atoms with E-state index in [4.69, 9.17) is 5.11 Å². The summed E-state index contributed by atoms with van der Waals surface area (Å²) in [6, 6.07) is 2.08. The molecule has 0 saturated heterocycles. The molecule has 0 saturated carbocycles. The molecule has 2 rings (SSSR count). The molecular formula is C10H11NO2S. The molecule has 0 aromatic carbocycles. The highest BCUT2D eigenvalue weighted by atomic mass is 32.1. The van der Waals surface area contributed by atoms with E-state index in [0.29, 0.717) is 13.1 Å². The van der Waals surface area contributed by atoms with Crippen molar-refractivity contribution in [2.24, 2.45) is 0 Å². The molecule has 0 aliphatic carbocycles. The third-order valence-electron chi connectivity index (χ3n) is 2.37. The predicted octanol–water partition coefficient (Wildman–Crippen LogP) is 2.52. The van der Waals surface area contributed by atoms with Gasteiger partial charge in [0.15, 0.2) is 0 Å². The predicted molar refractivity (Wildman–Crippen MR) is 56.5 cm³/mol. The van der Waals surface area contributed by atoms with E-state index < -0.39 is 6.09 Å². The molecular weight excluding hydrogens is 198 g/mol. The van der Waals surface area contributed by atoms with Crippen LogP contribution in [0.25, 0.3) is 5.57 Å². The maximum atomic E-state index is 10.6. The topological polar surface area (TPSA) is 40.5 Å². The molecule has 4 heteroatoms. The Morgan fingerprint density at radius 2 is 2.43 bits per heavy atom. The van der Waals surface area contributed by atoms with Gasteiger partial charge in [0, 0.05) is 13.1 Å². The fraction of sp³-hybridized carbons (Fsp3) is 0.300. The number of carbonyl (C=O) groups is 1. The minimum Gasteiger partial charge on any atom is -0.465 e. The van der Waals surface area contributed by atoms with Crippen molar-refractivity contribution in [2.45, 2.75) is 6.42 Å². The molecule has 1 aliphatic rings. The molecule has 2 heterocycles. The highest BCUT2D eigenvalue weighted by Crippen LogP contribution is 2.23. The van der Waals surface area contributed by atoms with Gasteiger partial charge in [-0.2, -0.15) is 11.3 Å². The molecule has 0 fully saturated rings. The summed E-state index contributed by atoms with van der Waals surface area (Å²) in [5.41, 5.74) is 2.50. The van der Waals surface area contributed by atoms with Crippen LogP contribution < -0.4 is 0 Å². The number of thiophene rings is 1. The lowest BCUT2D eigenvalue weighted by molar-refractivity contribution is 0.150. The number of carboxylic acid groups (broad SMARTS) is 1. The van der Waals surface area contributed by atoms with Crippen LogP contribution in [0, 0.1) is 0 Å². The van der Waals surface area contributed by atoms with Gasteiger partial charge in [-0.3, -0.25) is 0 Å². The van der Waals surface area contributed by atoms with Gasteiger partial charge in [0.05, 0.1) is 0 Å². The molecule has 1 aromatic rings. The van der Waals surface area contributed by atoms with Crippen LogP contribution in [-0.4, -0.2) is 29.2 Å². The van der Waals surface area contributed by atoms with Gasteiger partial charge in [0.25, 0.3) is 0 Å². The summed E-state index contributed by atoms with van der Waals surface area (Å²) in [6.45, 7) is 1.12. The summed E-state index contributed by atoms with van der Waals surface area (Å²) in [4.78, 5) is 12.1. The lowest BCUT2D eigenvalue weighted by Crippen LogP contribution is -2.33. The van der Waals surface area contributed by atoms with Crippen molar-refractivity contribution in [3.05, 3.63) is 28.5 Å². The van der Waals surface area contributed by atoms with Gasteiger partial charge in [0.2, 0.25) is 0 Å². The molecule has 1 N–H and O–H groups in total. The molecule has 1 aromatic heterocycles. The smallest absolute Gasteiger partial charge is 0.407 e. The monoisotopic (exact) mass is 209 g/mol. The van der Waals surface area contributed by atoms with Crippen LogP contribution in [0.2, 0.25) is 0 Å². The zero-order valence-corrected chi connectivity index (χ0v) is 8.46. The first-order valence-corrected chi connectivity index (χ1v) is 5.41. The average molecular weight is 209 g/mol. The summed E-state index contributed by atoms with van der Waals surface area (Å²) < 4.78 is 0. The van der Waals surface area contributed by atoms with Gasteiger partial charge in [0.1, 0.15) is 0 Å². The van der Waals surface area contributed by atoms with Gasteiger partial charge in [-0.1, -0.05) is 6.08 Å². The highest BCUT2D eigenvalue weighted by Gasteiger charge is 2.16. The first-order valence-electron chi connectivity index (χ1n) is 4.47. The number of hydrogen-bond acceptors (Lipinski definition) is 2. The van der Waals surface area contributed by atoms with Crippen molar-refractivity contribution >= 4 is 23.0 Å². The molecule has 74 valence electrons. The van der Waals surface area contributed by atoms with E-state index >= 15 is 0 Å². The molecule has 0 radical (unpaired) electrons. The Morgan fingerprint density at radius 1 is 1.57 bits per heavy atom. The Hall–Kier alpha value is -1.29. The van der Waals surface area contributed by atoms with Crippen LogP contribution in [0.3, 0.4) is 0 Å². The molecule has 0 bridgehead atoms. The summed E-state index contributed by atoms with van der Waals surface area (Å²) >= 11 is 1.67. The highest BCUT2D eigenvalue weighted by molar-refractivity contribution is 7.08. The van der Waals surface area contributed by atoms with Crippen molar-refractivity contribution in [3.8, 4) is 0 Å². The molecule has 0 spiro atoms. The van der Waals surface area contributed by atoms with Crippen LogP contribution in [0.15, 0.2) is 22.9 Å².